The van der Waals surface area contributed by atoms with E-state index < -0.39 is 0 Å². The van der Waals surface area contributed by atoms with Gasteiger partial charge in [-0.25, -0.2) is 0 Å². The molecule has 1 aliphatic carbocycles. The van der Waals surface area contributed by atoms with E-state index in [0.717, 1.165) is 37.5 Å². The fourth-order valence-corrected chi connectivity index (χ4v) is 3.79. The van der Waals surface area contributed by atoms with Gasteiger partial charge in [-0.05, 0) is 37.5 Å². The van der Waals surface area contributed by atoms with Crippen LogP contribution in [-0.2, 0) is 19.1 Å². The summed E-state index contributed by atoms with van der Waals surface area (Å²) in [7, 11) is 0. The molecule has 0 saturated carbocycles. The molecule has 0 aromatic heterocycles. The molecule has 0 aromatic rings. The largest absolute Gasteiger partial charge is 0.465 e. The zero-order valence-corrected chi connectivity index (χ0v) is 20.0. The molecule has 4 heteroatoms. The predicted molar refractivity (Wildman–Crippen MR) is 123 cm³/mol. The maximum Gasteiger partial charge on any atom is 0.312 e. The lowest BCUT2D eigenvalue weighted by atomic mass is 9.88. The summed E-state index contributed by atoms with van der Waals surface area (Å²) in [6.45, 7) is 10.0. The van der Waals surface area contributed by atoms with Crippen molar-refractivity contribution in [1.29, 1.82) is 0 Å². The molecule has 0 saturated heterocycles. The van der Waals surface area contributed by atoms with Crippen molar-refractivity contribution in [2.75, 3.05) is 13.2 Å². The van der Waals surface area contributed by atoms with Crippen LogP contribution in [0.4, 0.5) is 0 Å². The van der Waals surface area contributed by atoms with Gasteiger partial charge in [0.1, 0.15) is 0 Å². The third-order valence-corrected chi connectivity index (χ3v) is 5.81. The van der Waals surface area contributed by atoms with Crippen molar-refractivity contribution in [1.82, 2.24) is 0 Å². The van der Waals surface area contributed by atoms with Crippen molar-refractivity contribution in [3.63, 3.8) is 0 Å². The Morgan fingerprint density at radius 2 is 1.03 bits per heavy atom. The van der Waals surface area contributed by atoms with Gasteiger partial charge in [0.15, 0.2) is 0 Å². The van der Waals surface area contributed by atoms with E-state index in [-0.39, 0.29) is 23.8 Å². The van der Waals surface area contributed by atoms with Crippen LogP contribution in [-0.4, -0.2) is 25.2 Å². The zero-order valence-electron chi connectivity index (χ0n) is 20.0. The second-order valence-electron chi connectivity index (χ2n) is 9.70. The standard InChI is InChI=1S/C26H46O4/c1-21(2)13-9-5-7-11-19-29-25(27)23-15-17-24(18-16-23)26(28)30-20-12-8-6-10-14-22(3)4/h15,17,21-24H,5-14,16,18-20H2,1-4H3. The highest BCUT2D eigenvalue weighted by Gasteiger charge is 2.27. The molecule has 2 unspecified atom stereocenters. The smallest absolute Gasteiger partial charge is 0.312 e. The molecule has 0 radical (unpaired) electrons. The van der Waals surface area contributed by atoms with Crippen LogP contribution in [0.1, 0.15) is 105 Å². The summed E-state index contributed by atoms with van der Waals surface area (Å²) in [5, 5.41) is 0. The summed E-state index contributed by atoms with van der Waals surface area (Å²) >= 11 is 0. The van der Waals surface area contributed by atoms with Gasteiger partial charge in [0, 0.05) is 0 Å². The molecule has 30 heavy (non-hydrogen) atoms. The maximum atomic E-state index is 12.2. The average Bonchev–Trinajstić information content (AvgIpc) is 2.71. The van der Waals surface area contributed by atoms with Gasteiger partial charge in [-0.15, -0.1) is 0 Å². The first-order valence-electron chi connectivity index (χ1n) is 12.4. The Morgan fingerprint density at radius 3 is 1.37 bits per heavy atom. The van der Waals surface area contributed by atoms with Crippen molar-refractivity contribution in [2.24, 2.45) is 23.7 Å². The molecule has 0 fully saturated rings. The number of hydrogen-bond acceptors (Lipinski definition) is 4. The fraction of sp³-hybridized carbons (Fsp3) is 0.846. The van der Waals surface area contributed by atoms with Crippen molar-refractivity contribution >= 4 is 11.9 Å². The Labute approximate surface area is 185 Å². The molecule has 1 aliphatic rings. The number of carbonyl (C=O) groups excluding carboxylic acids is 2. The average molecular weight is 423 g/mol. The van der Waals surface area contributed by atoms with Crippen molar-refractivity contribution in [3.05, 3.63) is 12.2 Å². The summed E-state index contributed by atoms with van der Waals surface area (Å²) in [5.41, 5.74) is 0. The second-order valence-corrected chi connectivity index (χ2v) is 9.70. The van der Waals surface area contributed by atoms with E-state index in [1.807, 2.05) is 12.2 Å². The van der Waals surface area contributed by atoms with E-state index in [1.54, 1.807) is 0 Å². The van der Waals surface area contributed by atoms with E-state index in [9.17, 15) is 9.59 Å². The minimum Gasteiger partial charge on any atom is -0.465 e. The van der Waals surface area contributed by atoms with Crippen molar-refractivity contribution < 1.29 is 19.1 Å². The molecule has 0 bridgehead atoms. The monoisotopic (exact) mass is 422 g/mol. The molecular formula is C26H46O4. The summed E-state index contributed by atoms with van der Waals surface area (Å²) in [6.07, 6.45) is 16.6. The predicted octanol–water partition coefficient (Wildman–Crippen LogP) is 6.87. The third kappa shape index (κ3) is 13.1. The highest BCUT2D eigenvalue weighted by molar-refractivity contribution is 5.78. The summed E-state index contributed by atoms with van der Waals surface area (Å²) in [5.74, 6) is 0.804. The van der Waals surface area contributed by atoms with E-state index >= 15 is 0 Å². The fourth-order valence-electron chi connectivity index (χ4n) is 3.79. The van der Waals surface area contributed by atoms with Crippen LogP contribution in [0, 0.1) is 23.7 Å². The summed E-state index contributed by atoms with van der Waals surface area (Å²) in [6, 6.07) is 0. The highest BCUT2D eigenvalue weighted by Crippen LogP contribution is 2.24. The first-order chi connectivity index (χ1) is 14.4. The van der Waals surface area contributed by atoms with Crippen LogP contribution >= 0.6 is 0 Å². The quantitative estimate of drug-likeness (QED) is 0.155. The molecular weight excluding hydrogens is 376 g/mol. The van der Waals surface area contributed by atoms with E-state index in [4.69, 9.17) is 9.47 Å². The first-order valence-corrected chi connectivity index (χ1v) is 12.4. The van der Waals surface area contributed by atoms with Gasteiger partial charge in [-0.2, -0.15) is 0 Å². The Bertz CT molecular complexity index is 451. The van der Waals surface area contributed by atoms with Crippen LogP contribution in [0.2, 0.25) is 0 Å². The lowest BCUT2D eigenvalue weighted by Crippen LogP contribution is -2.24. The second kappa shape index (κ2) is 16.4. The van der Waals surface area contributed by atoms with Gasteiger partial charge < -0.3 is 9.47 Å². The highest BCUT2D eigenvalue weighted by atomic mass is 16.5. The van der Waals surface area contributed by atoms with E-state index in [1.165, 1.54) is 38.5 Å². The van der Waals surface area contributed by atoms with Crippen molar-refractivity contribution in [2.45, 2.75) is 105 Å². The Kier molecular flexibility index (Phi) is 14.6. The van der Waals surface area contributed by atoms with Gasteiger partial charge in [0.2, 0.25) is 0 Å². The summed E-state index contributed by atoms with van der Waals surface area (Å²) in [4.78, 5) is 24.4. The van der Waals surface area contributed by atoms with Gasteiger partial charge in [0.05, 0.1) is 25.0 Å². The topological polar surface area (TPSA) is 52.6 Å². The van der Waals surface area contributed by atoms with Crippen LogP contribution in [0.5, 0.6) is 0 Å². The molecule has 0 amide bonds. The minimum absolute atomic E-state index is 0.151. The molecule has 2 atom stereocenters. The molecule has 174 valence electrons. The Balaban J connectivity index is 2.09. The number of ether oxygens (including phenoxy) is 2. The number of unbranched alkanes of at least 4 members (excludes halogenated alkanes) is 6. The maximum absolute atomic E-state index is 12.2. The number of carbonyl (C=O) groups is 2. The lowest BCUT2D eigenvalue weighted by Gasteiger charge is -2.21. The molecule has 0 spiro atoms. The first kappa shape index (κ1) is 26.7. The number of rotatable bonds is 16. The minimum atomic E-state index is -0.212. The lowest BCUT2D eigenvalue weighted by molar-refractivity contribution is -0.150. The Hall–Kier alpha value is -1.32. The van der Waals surface area contributed by atoms with Gasteiger partial charge in [-0.1, -0.05) is 91.2 Å². The molecule has 0 heterocycles. The van der Waals surface area contributed by atoms with Crippen LogP contribution in [0.15, 0.2) is 12.2 Å². The summed E-state index contributed by atoms with van der Waals surface area (Å²) < 4.78 is 10.8. The van der Waals surface area contributed by atoms with E-state index in [2.05, 4.69) is 27.7 Å². The Morgan fingerprint density at radius 1 is 0.667 bits per heavy atom. The number of esters is 2. The third-order valence-electron chi connectivity index (χ3n) is 5.81. The van der Waals surface area contributed by atoms with Crippen LogP contribution in [0.25, 0.3) is 0 Å². The zero-order chi connectivity index (χ0) is 22.2. The molecule has 4 nitrogen and oxygen atoms in total. The van der Waals surface area contributed by atoms with Gasteiger partial charge in [0.25, 0.3) is 0 Å². The van der Waals surface area contributed by atoms with Crippen LogP contribution < -0.4 is 0 Å². The van der Waals surface area contributed by atoms with Gasteiger partial charge >= 0.3 is 11.9 Å². The van der Waals surface area contributed by atoms with Crippen molar-refractivity contribution in [3.8, 4) is 0 Å². The molecule has 1 rings (SSSR count). The van der Waals surface area contributed by atoms with E-state index in [0.29, 0.717) is 26.1 Å². The molecule has 0 N–H and O–H groups in total. The van der Waals surface area contributed by atoms with Crippen LogP contribution in [0.3, 0.4) is 0 Å². The SMILES string of the molecule is CC(C)CCCCCCOC(=O)C1C=CC(C(=O)OCCCCCCC(C)C)CC1. The molecule has 0 aromatic carbocycles. The van der Waals surface area contributed by atoms with Gasteiger partial charge in [-0.3, -0.25) is 9.59 Å². The molecule has 0 aliphatic heterocycles. The number of hydrogen-bond donors (Lipinski definition) is 0. The normalized spacial score (nSPS) is 18.7.